The lowest BCUT2D eigenvalue weighted by molar-refractivity contribution is -0.216. The molecule has 2 saturated heterocycles. The van der Waals surface area contributed by atoms with Gasteiger partial charge in [-0.05, 0) is 27.2 Å². The average molecular weight is 545 g/mol. The summed E-state index contributed by atoms with van der Waals surface area (Å²) in [6.07, 6.45) is 1.59. The first-order valence-electron chi connectivity index (χ1n) is 11.8. The molecule has 0 radical (unpaired) electrons. The highest BCUT2D eigenvalue weighted by Gasteiger charge is 2.64. The van der Waals surface area contributed by atoms with Crippen molar-refractivity contribution in [3.05, 3.63) is 23.0 Å². The zero-order chi connectivity index (χ0) is 26.3. The topological polar surface area (TPSA) is 144 Å². The van der Waals surface area contributed by atoms with Gasteiger partial charge in [0.15, 0.2) is 28.3 Å². The number of nitrogens with one attached hydrogen (secondary N) is 1. The van der Waals surface area contributed by atoms with Crippen LogP contribution < -0.4 is 5.56 Å². The second-order valence-electron chi connectivity index (χ2n) is 10.1. The van der Waals surface area contributed by atoms with Crippen molar-refractivity contribution in [2.24, 2.45) is 5.41 Å². The molecule has 12 nitrogen and oxygen atoms in total. The van der Waals surface area contributed by atoms with Crippen LogP contribution in [0.2, 0.25) is 0 Å². The fraction of sp³-hybridized carbons (Fsp3) is 0.727. The second-order valence-corrected chi connectivity index (χ2v) is 12.2. The van der Waals surface area contributed by atoms with Crippen LogP contribution >= 0.6 is 20.0 Å². The number of hydrogen-bond donors (Lipinski definition) is 1. The van der Waals surface area contributed by atoms with Crippen LogP contribution in [0.1, 0.15) is 54.2 Å². The lowest BCUT2D eigenvalue weighted by atomic mass is 9.92. The summed E-state index contributed by atoms with van der Waals surface area (Å²) < 4.78 is 43.4. The van der Waals surface area contributed by atoms with Gasteiger partial charge in [-0.2, -0.15) is 0 Å². The minimum Gasteiger partial charge on any atom is -0.346 e. The predicted molar refractivity (Wildman–Crippen MR) is 133 cm³/mol. The van der Waals surface area contributed by atoms with Crippen LogP contribution in [-0.4, -0.2) is 67.2 Å². The summed E-state index contributed by atoms with van der Waals surface area (Å²) in [5.74, 6) is -0.519. The van der Waals surface area contributed by atoms with Gasteiger partial charge in [0, 0.05) is 11.2 Å². The van der Waals surface area contributed by atoms with E-state index >= 15 is 0 Å². The fourth-order valence-corrected chi connectivity index (χ4v) is 6.02. The molecule has 0 aromatic carbocycles. The van der Waals surface area contributed by atoms with Crippen molar-refractivity contribution >= 4 is 36.3 Å². The molecule has 4 rings (SSSR count). The maximum atomic E-state index is 12.4. The zero-order valence-electron chi connectivity index (χ0n) is 21.2. The van der Waals surface area contributed by atoms with Crippen LogP contribution in [0, 0.1) is 5.41 Å². The highest BCUT2D eigenvalue weighted by atomic mass is 32.2. The number of hydrogen-bond acceptors (Lipinski definition) is 11. The van der Waals surface area contributed by atoms with E-state index in [2.05, 4.69) is 15.0 Å². The second kappa shape index (κ2) is 10.3. The number of carbonyl (C=O) groups excluding carboxylic acids is 1. The normalized spacial score (nSPS) is 28.4. The number of thioether (sulfide) groups is 1. The molecule has 3 unspecified atom stereocenters. The number of carbonyl (C=O) groups is 1. The van der Waals surface area contributed by atoms with Crippen molar-refractivity contribution in [3.63, 3.8) is 0 Å². The van der Waals surface area contributed by atoms with Crippen molar-refractivity contribution in [1.82, 2.24) is 19.5 Å². The van der Waals surface area contributed by atoms with E-state index in [0.29, 0.717) is 11.4 Å². The number of ether oxygens (including phenoxy) is 3. The zero-order valence-corrected chi connectivity index (χ0v) is 23.0. The summed E-state index contributed by atoms with van der Waals surface area (Å²) in [4.78, 5) is 35.2. The Hall–Kier alpha value is -1.60. The first-order valence-corrected chi connectivity index (χ1v) is 14.0. The Bertz CT molecular complexity index is 1200. The van der Waals surface area contributed by atoms with Gasteiger partial charge < -0.3 is 28.2 Å². The molecule has 0 aliphatic carbocycles. The van der Waals surface area contributed by atoms with E-state index in [9.17, 15) is 14.2 Å². The lowest BCUT2D eigenvalue weighted by Gasteiger charge is -2.30. The third-order valence-corrected chi connectivity index (χ3v) is 8.56. The van der Waals surface area contributed by atoms with E-state index in [0.717, 1.165) is 18.2 Å². The molecule has 2 aliphatic heterocycles. The van der Waals surface area contributed by atoms with Crippen LogP contribution in [0.15, 0.2) is 17.4 Å². The number of aromatic amines is 1. The van der Waals surface area contributed by atoms with Gasteiger partial charge in [-0.15, -0.1) is 0 Å². The van der Waals surface area contributed by atoms with Gasteiger partial charge in [0.05, 0.1) is 25.9 Å². The minimum atomic E-state index is -2.83. The maximum absolute atomic E-state index is 12.4. The van der Waals surface area contributed by atoms with E-state index in [4.69, 9.17) is 23.3 Å². The van der Waals surface area contributed by atoms with Crippen LogP contribution in [0.3, 0.4) is 0 Å². The van der Waals surface area contributed by atoms with Crippen molar-refractivity contribution in [3.8, 4) is 0 Å². The Kier molecular flexibility index (Phi) is 7.83. The molecule has 2 aromatic rings. The van der Waals surface area contributed by atoms with Crippen molar-refractivity contribution in [2.45, 2.75) is 77.8 Å². The number of rotatable bonds is 10. The smallest absolute Gasteiger partial charge is 0.319 e. The molecule has 200 valence electrons. The van der Waals surface area contributed by atoms with Crippen molar-refractivity contribution < 1.29 is 32.6 Å². The SMILES string of the molecule is CCC(C)(C)C(=O)SCCO[PH](=O)OC[C@H]1OC(n2cnc3c(=O)[nH]cnc32)[C@@]2(C)OC(C)(C)OC12. The van der Waals surface area contributed by atoms with Gasteiger partial charge >= 0.3 is 8.25 Å². The Labute approximate surface area is 213 Å². The summed E-state index contributed by atoms with van der Waals surface area (Å²) in [6.45, 7) is 11.3. The monoisotopic (exact) mass is 544 g/mol. The van der Waals surface area contributed by atoms with Crippen LogP contribution in [0.4, 0.5) is 0 Å². The van der Waals surface area contributed by atoms with Crippen molar-refractivity contribution in [1.29, 1.82) is 0 Å². The summed E-state index contributed by atoms with van der Waals surface area (Å²) in [7, 11) is -2.83. The molecular weight excluding hydrogens is 511 g/mol. The maximum Gasteiger partial charge on any atom is 0.319 e. The highest BCUT2D eigenvalue weighted by Crippen LogP contribution is 2.51. The van der Waals surface area contributed by atoms with E-state index in [1.54, 1.807) is 18.4 Å². The molecule has 2 aliphatic rings. The minimum absolute atomic E-state index is 0.0659. The molecular formula is C22H33N4O8PS. The molecule has 2 aromatic heterocycles. The Balaban J connectivity index is 1.39. The summed E-state index contributed by atoms with van der Waals surface area (Å²) in [6, 6.07) is 0. The number of H-pyrrole nitrogens is 1. The summed E-state index contributed by atoms with van der Waals surface area (Å²) in [5, 5.41) is 0.0726. The standard InChI is InChI=1S/C22H33N4O8PS/c1-7-20(2,3)19(28)36-9-8-30-35(29)31-10-13-15-22(6,34-21(4,5)33-15)18(32-13)26-12-25-14-16(26)23-11-24-17(14)27/h11-13,15,18,35H,7-10H2,1-6H3,(H,23,24,27)/t13-,15?,18?,22+/m1/s1. The summed E-state index contributed by atoms with van der Waals surface area (Å²) in [5.41, 5.74) is -1.22. The first-order chi connectivity index (χ1) is 16.9. The van der Waals surface area contributed by atoms with Gasteiger partial charge in [-0.25, -0.2) is 9.97 Å². The molecule has 0 saturated carbocycles. The number of nitrogens with zero attached hydrogens (tertiary/aromatic N) is 3. The molecule has 2 fully saturated rings. The Morgan fingerprint density at radius 3 is 2.78 bits per heavy atom. The lowest BCUT2D eigenvalue weighted by Crippen LogP contribution is -2.42. The van der Waals surface area contributed by atoms with E-state index in [1.807, 2.05) is 27.7 Å². The average Bonchev–Trinajstić information content (AvgIpc) is 3.42. The van der Waals surface area contributed by atoms with E-state index in [-0.39, 0.29) is 29.4 Å². The molecule has 0 spiro atoms. The van der Waals surface area contributed by atoms with Gasteiger partial charge in [-0.1, -0.05) is 32.5 Å². The van der Waals surface area contributed by atoms with Crippen molar-refractivity contribution in [2.75, 3.05) is 19.0 Å². The third-order valence-electron chi connectivity index (χ3n) is 6.53. The fourth-order valence-electron chi connectivity index (χ4n) is 4.34. The molecule has 4 heterocycles. The molecule has 1 N–H and O–H groups in total. The Morgan fingerprint density at radius 2 is 2.06 bits per heavy atom. The van der Waals surface area contributed by atoms with Gasteiger partial charge in [0.25, 0.3) is 5.56 Å². The number of fused-ring (bicyclic) bond motifs is 2. The van der Waals surface area contributed by atoms with E-state index in [1.165, 1.54) is 12.7 Å². The van der Waals surface area contributed by atoms with Crippen LogP contribution in [0.25, 0.3) is 11.2 Å². The number of aromatic nitrogens is 4. The predicted octanol–water partition coefficient (Wildman–Crippen LogP) is 3.05. The highest BCUT2D eigenvalue weighted by molar-refractivity contribution is 8.13. The summed E-state index contributed by atoms with van der Waals surface area (Å²) >= 11 is 1.16. The molecule has 36 heavy (non-hydrogen) atoms. The largest absolute Gasteiger partial charge is 0.346 e. The molecule has 0 bridgehead atoms. The van der Waals surface area contributed by atoms with Gasteiger partial charge in [0.1, 0.15) is 17.8 Å². The molecule has 5 atom stereocenters. The Morgan fingerprint density at radius 1 is 1.31 bits per heavy atom. The van der Waals surface area contributed by atoms with Crippen LogP contribution in [0.5, 0.6) is 0 Å². The first kappa shape index (κ1) is 27.4. The van der Waals surface area contributed by atoms with Crippen LogP contribution in [-0.2, 0) is 32.6 Å². The molecule has 0 amide bonds. The number of imidazole rings is 1. The van der Waals surface area contributed by atoms with E-state index < -0.39 is 43.5 Å². The van der Waals surface area contributed by atoms with Gasteiger partial charge in [0.2, 0.25) is 0 Å². The quantitative estimate of drug-likeness (QED) is 0.348. The molecule has 14 heteroatoms. The third kappa shape index (κ3) is 5.33. The van der Waals surface area contributed by atoms with Gasteiger partial charge in [-0.3, -0.25) is 18.7 Å².